The van der Waals surface area contributed by atoms with Gasteiger partial charge in [-0.2, -0.15) is 0 Å². The quantitative estimate of drug-likeness (QED) is 0.170. The van der Waals surface area contributed by atoms with E-state index in [0.717, 1.165) is 25.7 Å². The molecule has 1 atom stereocenters. The van der Waals surface area contributed by atoms with Crippen LogP contribution in [0.5, 0.6) is 0 Å². The Morgan fingerprint density at radius 2 is 1.40 bits per heavy atom. The average molecular weight is 474 g/mol. The molecule has 0 aliphatic rings. The van der Waals surface area contributed by atoms with E-state index in [1.807, 2.05) is 18.2 Å². The van der Waals surface area contributed by atoms with E-state index in [1.165, 1.54) is 68.1 Å². The molecular formula is C33H47NO. The first-order chi connectivity index (χ1) is 17.2. The van der Waals surface area contributed by atoms with E-state index in [0.29, 0.717) is 6.42 Å². The van der Waals surface area contributed by atoms with Gasteiger partial charge < -0.3 is 5.32 Å². The summed E-state index contributed by atoms with van der Waals surface area (Å²) in [4.78, 5) is 12.7. The van der Waals surface area contributed by atoms with Crippen molar-refractivity contribution < 1.29 is 4.79 Å². The van der Waals surface area contributed by atoms with Crippen molar-refractivity contribution in [3.05, 3.63) is 95.6 Å². The van der Waals surface area contributed by atoms with Crippen molar-refractivity contribution in [2.24, 2.45) is 0 Å². The van der Waals surface area contributed by atoms with Crippen molar-refractivity contribution in [1.29, 1.82) is 0 Å². The van der Waals surface area contributed by atoms with Crippen molar-refractivity contribution in [2.75, 3.05) is 0 Å². The maximum absolute atomic E-state index is 12.7. The molecule has 0 unspecified atom stereocenters. The van der Waals surface area contributed by atoms with E-state index in [9.17, 15) is 4.79 Å². The summed E-state index contributed by atoms with van der Waals surface area (Å²) in [5.74, 6) is 0.164. The van der Waals surface area contributed by atoms with Gasteiger partial charge in [-0.25, -0.2) is 0 Å². The number of aryl methyl sites for hydroxylation is 1. The van der Waals surface area contributed by atoms with Gasteiger partial charge in [-0.3, -0.25) is 4.79 Å². The largest absolute Gasteiger partial charge is 0.349 e. The maximum atomic E-state index is 12.7. The van der Waals surface area contributed by atoms with E-state index in [1.54, 1.807) is 0 Å². The highest BCUT2D eigenvalue weighted by molar-refractivity contribution is 5.76. The van der Waals surface area contributed by atoms with Gasteiger partial charge in [0.25, 0.3) is 0 Å². The summed E-state index contributed by atoms with van der Waals surface area (Å²) in [6.45, 7) is 4.35. The molecule has 0 fully saturated rings. The fourth-order valence-electron chi connectivity index (χ4n) is 4.26. The molecule has 2 aromatic rings. The molecule has 2 rings (SSSR count). The lowest BCUT2D eigenvalue weighted by molar-refractivity contribution is -0.122. The Labute approximate surface area is 214 Å². The second-order valence-corrected chi connectivity index (χ2v) is 9.70. The predicted molar refractivity (Wildman–Crippen MR) is 152 cm³/mol. The van der Waals surface area contributed by atoms with Gasteiger partial charge in [0.1, 0.15) is 0 Å². The van der Waals surface area contributed by atoms with Gasteiger partial charge in [-0.1, -0.05) is 123 Å². The Kier molecular flexibility index (Phi) is 15.3. The van der Waals surface area contributed by atoms with E-state index in [-0.39, 0.29) is 11.9 Å². The van der Waals surface area contributed by atoms with Gasteiger partial charge in [0.05, 0.1) is 6.04 Å². The van der Waals surface area contributed by atoms with E-state index in [2.05, 4.69) is 79.9 Å². The van der Waals surface area contributed by atoms with Crippen LogP contribution in [-0.2, 0) is 11.2 Å². The van der Waals surface area contributed by atoms with Crippen LogP contribution >= 0.6 is 0 Å². The van der Waals surface area contributed by atoms with Gasteiger partial charge in [0.2, 0.25) is 5.91 Å². The van der Waals surface area contributed by atoms with Crippen LogP contribution in [0.2, 0.25) is 0 Å². The minimum atomic E-state index is 0.0179. The topological polar surface area (TPSA) is 29.1 Å². The molecule has 190 valence electrons. The van der Waals surface area contributed by atoms with Crippen LogP contribution in [0.15, 0.2) is 78.9 Å². The number of rotatable bonds is 18. The fraction of sp³-hybridized carbons (Fsp3) is 0.485. The zero-order valence-electron chi connectivity index (χ0n) is 22.2. The summed E-state index contributed by atoms with van der Waals surface area (Å²) in [6, 6.07) is 19.0. The van der Waals surface area contributed by atoms with Crippen LogP contribution < -0.4 is 5.32 Å². The number of hydrogen-bond acceptors (Lipinski definition) is 1. The second kappa shape index (κ2) is 18.7. The molecule has 35 heavy (non-hydrogen) atoms. The molecule has 0 saturated heterocycles. The smallest absolute Gasteiger partial charge is 0.220 e. The summed E-state index contributed by atoms with van der Waals surface area (Å²) in [5.41, 5.74) is 3.68. The molecule has 2 nitrogen and oxygen atoms in total. The Balaban J connectivity index is 1.59. The molecule has 0 spiro atoms. The monoisotopic (exact) mass is 473 g/mol. The lowest BCUT2D eigenvalue weighted by atomic mass is 9.98. The number of carbonyl (C=O) groups is 1. The van der Waals surface area contributed by atoms with Gasteiger partial charge in [-0.05, 0) is 63.0 Å². The molecule has 2 aromatic carbocycles. The Morgan fingerprint density at radius 1 is 0.771 bits per heavy atom. The Bertz CT molecular complexity index is 850. The minimum absolute atomic E-state index is 0.0179. The van der Waals surface area contributed by atoms with Crippen LogP contribution in [0.4, 0.5) is 0 Å². The first-order valence-electron chi connectivity index (χ1n) is 13.9. The number of unbranched alkanes of at least 4 members (excludes halogenated alkanes) is 8. The third kappa shape index (κ3) is 13.8. The fourth-order valence-corrected chi connectivity index (χ4v) is 4.26. The number of amides is 1. The van der Waals surface area contributed by atoms with Crippen LogP contribution in [0.1, 0.15) is 107 Å². The van der Waals surface area contributed by atoms with Crippen LogP contribution in [-0.4, -0.2) is 5.91 Å². The molecule has 0 radical (unpaired) electrons. The molecule has 0 heterocycles. The summed E-state index contributed by atoms with van der Waals surface area (Å²) in [6.07, 6.45) is 23.9. The maximum Gasteiger partial charge on any atom is 0.220 e. The standard InChI is InChI=1S/C33H47NO/c1-3-4-5-6-7-8-9-10-11-12-13-14-15-16-20-23-33(35)34-32(31-21-18-17-19-22-31)28-30-26-24-29(2)25-27-30/h7-8,10-11,17-19,21-22,24-27,32H,3-6,9,12-16,20,23,28H2,1-2H3,(H,34,35)/b8-7+,11-10+/t32-/m1/s1. The highest BCUT2D eigenvalue weighted by Crippen LogP contribution is 2.19. The molecule has 2 heteroatoms. The summed E-state index contributed by atoms with van der Waals surface area (Å²) in [7, 11) is 0. The normalized spacial score (nSPS) is 12.4. The summed E-state index contributed by atoms with van der Waals surface area (Å²) < 4.78 is 0. The number of carbonyl (C=O) groups excluding carboxylic acids is 1. The second-order valence-electron chi connectivity index (χ2n) is 9.70. The third-order valence-corrected chi connectivity index (χ3v) is 6.45. The van der Waals surface area contributed by atoms with Crippen LogP contribution in [0.25, 0.3) is 0 Å². The van der Waals surface area contributed by atoms with E-state index >= 15 is 0 Å². The van der Waals surface area contributed by atoms with Crippen LogP contribution in [0, 0.1) is 6.92 Å². The van der Waals surface area contributed by atoms with Gasteiger partial charge in [-0.15, -0.1) is 0 Å². The average Bonchev–Trinajstić information content (AvgIpc) is 2.88. The molecule has 0 aliphatic heterocycles. The Morgan fingerprint density at radius 3 is 2.09 bits per heavy atom. The predicted octanol–water partition coefficient (Wildman–Crippen LogP) is 9.21. The molecule has 0 saturated carbocycles. The van der Waals surface area contributed by atoms with E-state index in [4.69, 9.17) is 0 Å². The van der Waals surface area contributed by atoms with Crippen LogP contribution in [0.3, 0.4) is 0 Å². The third-order valence-electron chi connectivity index (χ3n) is 6.45. The molecular weight excluding hydrogens is 426 g/mol. The first-order valence-corrected chi connectivity index (χ1v) is 13.9. The molecule has 0 aromatic heterocycles. The molecule has 1 N–H and O–H groups in total. The zero-order valence-corrected chi connectivity index (χ0v) is 22.2. The number of hydrogen-bond donors (Lipinski definition) is 1. The first kappa shape index (κ1) is 28.6. The molecule has 0 bridgehead atoms. The Hall–Kier alpha value is -2.61. The van der Waals surface area contributed by atoms with Crippen molar-refractivity contribution in [2.45, 2.75) is 103 Å². The molecule has 0 aliphatic carbocycles. The lowest BCUT2D eigenvalue weighted by Gasteiger charge is -2.20. The van der Waals surface area contributed by atoms with Gasteiger partial charge in [0.15, 0.2) is 0 Å². The minimum Gasteiger partial charge on any atom is -0.349 e. The van der Waals surface area contributed by atoms with Gasteiger partial charge in [0, 0.05) is 6.42 Å². The number of benzene rings is 2. The summed E-state index contributed by atoms with van der Waals surface area (Å²) in [5, 5.41) is 3.29. The highest BCUT2D eigenvalue weighted by atomic mass is 16.1. The number of allylic oxidation sites excluding steroid dienone is 4. The highest BCUT2D eigenvalue weighted by Gasteiger charge is 2.15. The van der Waals surface area contributed by atoms with E-state index < -0.39 is 0 Å². The van der Waals surface area contributed by atoms with Crippen molar-refractivity contribution in [1.82, 2.24) is 5.32 Å². The summed E-state index contributed by atoms with van der Waals surface area (Å²) >= 11 is 0. The molecule has 1 amide bonds. The number of nitrogens with one attached hydrogen (secondary N) is 1. The SMILES string of the molecule is CCCCC/C=C/C/C=C/CCCCCCCC(=O)N[C@H](Cc1ccc(C)cc1)c1ccccc1. The van der Waals surface area contributed by atoms with Crippen molar-refractivity contribution in [3.63, 3.8) is 0 Å². The van der Waals surface area contributed by atoms with Gasteiger partial charge >= 0.3 is 0 Å². The zero-order chi connectivity index (χ0) is 25.0. The van der Waals surface area contributed by atoms with Crippen molar-refractivity contribution >= 4 is 5.91 Å². The lowest BCUT2D eigenvalue weighted by Crippen LogP contribution is -2.29. The van der Waals surface area contributed by atoms with Crippen molar-refractivity contribution in [3.8, 4) is 0 Å².